The van der Waals surface area contributed by atoms with Crippen molar-refractivity contribution >= 4 is 29.7 Å². The highest BCUT2D eigenvalue weighted by atomic mass is 32.2. The molecular weight excluding hydrogens is 476 g/mol. The molecule has 8 heteroatoms. The fourth-order valence-corrected chi connectivity index (χ4v) is 5.51. The van der Waals surface area contributed by atoms with Crippen LogP contribution >= 0.6 is 11.8 Å². The summed E-state index contributed by atoms with van der Waals surface area (Å²) >= 11 is 1.50. The number of amides is 2. The lowest BCUT2D eigenvalue weighted by molar-refractivity contribution is -0.145. The number of allylic oxidation sites excluding steroid dienone is 1. The molecule has 1 saturated heterocycles. The van der Waals surface area contributed by atoms with E-state index in [0.717, 1.165) is 29.9 Å². The molecule has 36 heavy (non-hydrogen) atoms. The topological polar surface area (TPSA) is 110 Å². The average Bonchev–Trinajstić information content (AvgIpc) is 2.74. The molecule has 0 aliphatic carbocycles. The summed E-state index contributed by atoms with van der Waals surface area (Å²) in [6.07, 6.45) is 14.1. The number of hydrogen-bond acceptors (Lipinski definition) is 4. The zero-order chi connectivity index (χ0) is 27.1. The van der Waals surface area contributed by atoms with Gasteiger partial charge in [-0.3, -0.25) is 0 Å². The van der Waals surface area contributed by atoms with Crippen molar-refractivity contribution in [1.29, 1.82) is 0 Å². The maximum atomic E-state index is 12.2. The molecule has 0 aromatic rings. The van der Waals surface area contributed by atoms with Gasteiger partial charge >= 0.3 is 18.0 Å². The van der Waals surface area contributed by atoms with Crippen LogP contribution in [0, 0.1) is 17.8 Å². The van der Waals surface area contributed by atoms with Gasteiger partial charge in [0.15, 0.2) is 6.04 Å². The van der Waals surface area contributed by atoms with Crippen molar-refractivity contribution in [1.82, 2.24) is 10.2 Å². The highest BCUT2D eigenvalue weighted by molar-refractivity contribution is 7.99. The molecule has 0 aromatic heterocycles. The van der Waals surface area contributed by atoms with Crippen LogP contribution < -0.4 is 5.32 Å². The maximum absolute atomic E-state index is 12.2. The van der Waals surface area contributed by atoms with Crippen LogP contribution in [0.4, 0.5) is 4.79 Å². The number of aliphatic carboxylic acids is 1. The minimum absolute atomic E-state index is 0.302. The Hall–Kier alpha value is -1.70. The molecule has 7 nitrogen and oxygen atoms in total. The number of urea groups is 1. The Morgan fingerprint density at radius 1 is 1.03 bits per heavy atom. The number of nitrogens with zero attached hydrogens (tertiary/aromatic N) is 1. The highest BCUT2D eigenvalue weighted by Gasteiger charge is 2.39. The van der Waals surface area contributed by atoms with Gasteiger partial charge in [-0.05, 0) is 43.9 Å². The van der Waals surface area contributed by atoms with E-state index in [9.17, 15) is 14.4 Å². The van der Waals surface area contributed by atoms with E-state index in [1.54, 1.807) is 0 Å². The number of carboxylic acid groups (broad SMARTS) is 1. The third kappa shape index (κ3) is 13.6. The first-order chi connectivity index (χ1) is 17.0. The fraction of sp³-hybridized carbons (Fsp3) is 0.821. The normalized spacial score (nSPS) is 18.4. The van der Waals surface area contributed by atoms with Crippen LogP contribution in [-0.4, -0.2) is 63.2 Å². The Morgan fingerprint density at radius 2 is 1.61 bits per heavy atom. The minimum Gasteiger partial charge on any atom is -0.563 e. The van der Waals surface area contributed by atoms with Gasteiger partial charge in [-0.25, -0.2) is 9.59 Å². The first kappa shape index (κ1) is 32.3. The minimum atomic E-state index is -1.04. The third-order valence-electron chi connectivity index (χ3n) is 7.15. The summed E-state index contributed by atoms with van der Waals surface area (Å²) in [5, 5.41) is 19.0. The number of thioether (sulfide) groups is 1. The van der Waals surface area contributed by atoms with E-state index in [-0.39, 0.29) is 0 Å². The fourth-order valence-electron chi connectivity index (χ4n) is 4.50. The summed E-state index contributed by atoms with van der Waals surface area (Å²) in [5.41, 5.74) is 1.33. The van der Waals surface area contributed by atoms with E-state index in [1.165, 1.54) is 73.6 Å². The first-order valence-electron chi connectivity index (χ1n) is 13.8. The summed E-state index contributed by atoms with van der Waals surface area (Å²) in [7, 11) is 0. The number of carbonyl (C=O) groups excluding carboxylic acids is 2. The molecule has 4 N–H and O–H groups in total. The molecular formula is C28H51N2O5S+. The van der Waals surface area contributed by atoms with Crippen molar-refractivity contribution in [3.63, 3.8) is 0 Å². The standard InChI is InChI=1S/C28H50N2O5S/c1-20(2)9-6-10-21(3)11-7-12-22(4)13-8-14-23(5)16-18-36-19-24(26(31)32)29-28(35)30-17-15-25(30)27(33)34/h16,20-22,24-25H,6-15,17-19H2,1-5H3,(H,29,35)(H,31,32)(H,33,34)/p+1/b23-16+/t21?,22?,24-,25?/m0/s1. The largest absolute Gasteiger partial charge is 0.563 e. The molecule has 1 aliphatic heterocycles. The maximum Gasteiger partial charge on any atom is 0.539 e. The zero-order valence-electron chi connectivity index (χ0n) is 23.2. The van der Waals surface area contributed by atoms with Gasteiger partial charge in [-0.1, -0.05) is 84.3 Å². The van der Waals surface area contributed by atoms with Crippen LogP contribution in [0.5, 0.6) is 0 Å². The van der Waals surface area contributed by atoms with Gasteiger partial charge in [-0.15, -0.1) is 0 Å². The van der Waals surface area contributed by atoms with Gasteiger partial charge in [0.2, 0.25) is 0 Å². The van der Waals surface area contributed by atoms with E-state index in [0.29, 0.717) is 18.7 Å². The lowest BCUT2D eigenvalue weighted by Gasteiger charge is -2.38. The van der Waals surface area contributed by atoms with Crippen molar-refractivity contribution in [2.75, 3.05) is 18.1 Å². The van der Waals surface area contributed by atoms with Gasteiger partial charge in [0.1, 0.15) is 6.04 Å². The van der Waals surface area contributed by atoms with E-state index in [2.05, 4.69) is 46.0 Å². The predicted molar refractivity (Wildman–Crippen MR) is 149 cm³/mol. The summed E-state index contributed by atoms with van der Waals surface area (Å²) in [6.45, 7) is 11.9. The molecule has 3 unspecified atom stereocenters. The van der Waals surface area contributed by atoms with Gasteiger partial charge in [0.05, 0.1) is 0 Å². The number of carbonyl (C=O) groups is 3. The lowest BCUT2D eigenvalue weighted by atomic mass is 9.91. The Bertz CT molecular complexity index is 712. The SMILES string of the molecule is C/C(=C\CSC[C@H](NC(=O)N1CCC1C(=O)O)C(=O)[OH2+])CCCC(C)CCCC(C)CCCC(C)C. The number of hydrogen-bond donors (Lipinski definition) is 2. The highest BCUT2D eigenvalue weighted by Crippen LogP contribution is 2.22. The second-order valence-corrected chi connectivity index (χ2v) is 12.2. The summed E-state index contributed by atoms with van der Waals surface area (Å²) in [6, 6.07) is -2.35. The Kier molecular flexibility index (Phi) is 15.9. The second-order valence-electron chi connectivity index (χ2n) is 11.1. The third-order valence-corrected chi connectivity index (χ3v) is 8.13. The molecule has 2 amide bonds. The summed E-state index contributed by atoms with van der Waals surface area (Å²) in [5.74, 6) is 1.53. The molecule has 1 rings (SSSR count). The van der Waals surface area contributed by atoms with Gasteiger partial charge in [-0.2, -0.15) is 11.8 Å². The average molecular weight is 528 g/mol. The van der Waals surface area contributed by atoms with Crippen molar-refractivity contribution in [3.05, 3.63) is 11.6 Å². The molecule has 0 aromatic carbocycles. The number of rotatable bonds is 19. The van der Waals surface area contributed by atoms with Gasteiger partial charge in [0.25, 0.3) is 0 Å². The Balaban J connectivity index is 2.19. The van der Waals surface area contributed by atoms with Crippen LogP contribution in [0.3, 0.4) is 0 Å². The summed E-state index contributed by atoms with van der Waals surface area (Å²) in [4.78, 5) is 36.1. The molecule has 4 atom stereocenters. The van der Waals surface area contributed by atoms with Gasteiger partial charge < -0.3 is 20.4 Å². The van der Waals surface area contributed by atoms with E-state index in [1.807, 2.05) is 0 Å². The quantitative estimate of drug-likeness (QED) is 0.129. The van der Waals surface area contributed by atoms with E-state index < -0.39 is 30.1 Å². The predicted octanol–water partition coefficient (Wildman–Crippen LogP) is 5.59. The van der Waals surface area contributed by atoms with Crippen LogP contribution in [0.25, 0.3) is 0 Å². The number of likely N-dealkylation sites (tertiary alicyclic amines) is 1. The van der Waals surface area contributed by atoms with Crippen LogP contribution in [0.1, 0.15) is 98.8 Å². The van der Waals surface area contributed by atoms with Crippen molar-refractivity contribution < 1.29 is 24.6 Å². The van der Waals surface area contributed by atoms with E-state index >= 15 is 0 Å². The van der Waals surface area contributed by atoms with Crippen molar-refractivity contribution in [2.45, 2.75) is 111 Å². The molecule has 1 heterocycles. The van der Waals surface area contributed by atoms with Gasteiger partial charge in [0, 0.05) is 22.8 Å². The molecule has 1 aliphatic rings. The first-order valence-corrected chi connectivity index (χ1v) is 14.9. The zero-order valence-corrected chi connectivity index (χ0v) is 24.0. The lowest BCUT2D eigenvalue weighted by Crippen LogP contribution is -2.60. The molecule has 0 radical (unpaired) electrons. The second kappa shape index (κ2) is 17.7. The molecule has 0 bridgehead atoms. The van der Waals surface area contributed by atoms with Crippen LogP contribution in [-0.2, 0) is 9.59 Å². The molecule has 208 valence electrons. The number of nitrogens with one attached hydrogen (secondary N) is 1. The van der Waals surface area contributed by atoms with E-state index in [4.69, 9.17) is 10.2 Å². The molecule has 0 spiro atoms. The summed E-state index contributed by atoms with van der Waals surface area (Å²) < 4.78 is 0. The van der Waals surface area contributed by atoms with Crippen LogP contribution in [0.2, 0.25) is 0 Å². The molecule has 0 saturated carbocycles. The van der Waals surface area contributed by atoms with Crippen molar-refractivity contribution in [2.24, 2.45) is 17.8 Å². The Morgan fingerprint density at radius 3 is 2.11 bits per heavy atom. The molecule has 1 fully saturated rings. The monoisotopic (exact) mass is 527 g/mol. The number of carboxylic acids is 1. The Labute approximate surface area is 222 Å². The smallest absolute Gasteiger partial charge is 0.539 e. The van der Waals surface area contributed by atoms with Crippen molar-refractivity contribution in [3.8, 4) is 0 Å². The van der Waals surface area contributed by atoms with Crippen LogP contribution in [0.15, 0.2) is 11.6 Å².